The first-order chi connectivity index (χ1) is 16.5. The van der Waals surface area contributed by atoms with E-state index in [0.29, 0.717) is 27.8 Å². The molecule has 0 aliphatic heterocycles. The fraction of sp³-hybridized carbons (Fsp3) is 0.370. The second kappa shape index (κ2) is 8.27. The Balaban J connectivity index is 1.17. The number of hydrogen-bond acceptors (Lipinski definition) is 5. The molecule has 0 saturated heterocycles. The largest absolute Gasteiger partial charge is 0.478 e. The van der Waals surface area contributed by atoms with Crippen LogP contribution < -0.4 is 10.6 Å². The van der Waals surface area contributed by atoms with Crippen molar-refractivity contribution in [1.82, 2.24) is 9.97 Å². The Kier molecular flexibility index (Phi) is 5.21. The molecule has 7 heteroatoms. The van der Waals surface area contributed by atoms with Gasteiger partial charge in [0.25, 0.3) is 0 Å². The number of aromatic carboxylic acids is 1. The Labute approximate surface area is 203 Å². The molecule has 4 bridgehead atoms. The maximum Gasteiger partial charge on any atom is 0.337 e. The van der Waals surface area contributed by atoms with E-state index in [9.17, 15) is 9.90 Å². The summed E-state index contributed by atoms with van der Waals surface area (Å²) in [5, 5.41) is 16.3. The molecule has 1 heterocycles. The van der Waals surface area contributed by atoms with Crippen LogP contribution >= 0.6 is 11.6 Å². The number of halogens is 1. The number of aromatic nitrogens is 2. The molecule has 4 aliphatic rings. The third kappa shape index (κ3) is 3.90. The Morgan fingerprint density at radius 3 is 2.03 bits per heavy atom. The molecule has 174 valence electrons. The van der Waals surface area contributed by atoms with E-state index < -0.39 is 5.97 Å². The minimum Gasteiger partial charge on any atom is -0.478 e. The van der Waals surface area contributed by atoms with Crippen LogP contribution in [0.1, 0.15) is 54.4 Å². The number of para-hydroxylation sites is 1. The molecule has 6 nitrogen and oxygen atoms in total. The van der Waals surface area contributed by atoms with Crippen molar-refractivity contribution in [1.29, 1.82) is 0 Å². The smallest absolute Gasteiger partial charge is 0.337 e. The van der Waals surface area contributed by atoms with Crippen molar-refractivity contribution < 1.29 is 9.90 Å². The van der Waals surface area contributed by atoms with Gasteiger partial charge in [-0.15, -0.1) is 0 Å². The highest BCUT2D eigenvalue weighted by Crippen LogP contribution is 2.61. The highest BCUT2D eigenvalue weighted by Gasteiger charge is 2.51. The quantitative estimate of drug-likeness (QED) is 0.365. The second-order valence-electron chi connectivity index (χ2n) is 10.3. The average Bonchev–Trinajstić information content (AvgIpc) is 2.81. The zero-order valence-electron chi connectivity index (χ0n) is 18.8. The van der Waals surface area contributed by atoms with Gasteiger partial charge >= 0.3 is 5.97 Å². The van der Waals surface area contributed by atoms with Gasteiger partial charge in [0.15, 0.2) is 0 Å². The number of rotatable bonds is 6. The van der Waals surface area contributed by atoms with Gasteiger partial charge in [0.2, 0.25) is 0 Å². The van der Waals surface area contributed by atoms with Crippen LogP contribution in [0, 0.1) is 17.8 Å². The van der Waals surface area contributed by atoms with E-state index >= 15 is 0 Å². The molecule has 34 heavy (non-hydrogen) atoms. The molecule has 0 unspecified atom stereocenters. The van der Waals surface area contributed by atoms with Crippen molar-refractivity contribution in [2.45, 2.75) is 43.9 Å². The molecule has 3 aromatic rings. The van der Waals surface area contributed by atoms with Crippen molar-refractivity contribution >= 4 is 40.6 Å². The van der Waals surface area contributed by atoms with E-state index in [0.717, 1.165) is 23.4 Å². The Morgan fingerprint density at radius 1 is 0.882 bits per heavy atom. The molecule has 0 atom stereocenters. The number of nitrogens with zero attached hydrogens (tertiary/aromatic N) is 2. The van der Waals surface area contributed by atoms with Crippen LogP contribution in [0.5, 0.6) is 0 Å². The lowest BCUT2D eigenvalue weighted by molar-refractivity contribution is -0.00518. The first-order valence-electron chi connectivity index (χ1n) is 12.0. The van der Waals surface area contributed by atoms with Gasteiger partial charge in [0.05, 0.1) is 34.4 Å². The van der Waals surface area contributed by atoms with E-state index in [2.05, 4.69) is 38.8 Å². The van der Waals surface area contributed by atoms with Crippen molar-refractivity contribution in [3.05, 3.63) is 71.0 Å². The van der Waals surface area contributed by atoms with Crippen LogP contribution in [-0.2, 0) is 5.41 Å². The third-order valence-corrected chi connectivity index (χ3v) is 8.27. The Morgan fingerprint density at radius 2 is 1.47 bits per heavy atom. The van der Waals surface area contributed by atoms with Gasteiger partial charge in [-0.2, -0.15) is 0 Å². The summed E-state index contributed by atoms with van der Waals surface area (Å²) in [4.78, 5) is 20.2. The summed E-state index contributed by atoms with van der Waals surface area (Å²) in [6.45, 7) is 0. The average molecular weight is 475 g/mol. The van der Waals surface area contributed by atoms with Crippen molar-refractivity contribution in [3.8, 4) is 0 Å². The predicted octanol–water partition coefficient (Wildman–Crippen LogP) is 6.78. The summed E-state index contributed by atoms with van der Waals surface area (Å²) in [7, 11) is 0. The van der Waals surface area contributed by atoms with Crippen LogP contribution in [0.25, 0.3) is 0 Å². The van der Waals surface area contributed by atoms with Gasteiger partial charge < -0.3 is 15.7 Å². The van der Waals surface area contributed by atoms with Crippen molar-refractivity contribution in [2.24, 2.45) is 17.8 Å². The summed E-state index contributed by atoms with van der Waals surface area (Å²) in [5.41, 5.74) is 3.16. The molecule has 4 fully saturated rings. The lowest BCUT2D eigenvalue weighted by Gasteiger charge is -2.57. The first kappa shape index (κ1) is 21.4. The van der Waals surface area contributed by atoms with Crippen molar-refractivity contribution in [2.75, 3.05) is 10.6 Å². The van der Waals surface area contributed by atoms with E-state index in [1.54, 1.807) is 36.7 Å². The zero-order chi connectivity index (χ0) is 23.3. The zero-order valence-corrected chi connectivity index (χ0v) is 19.6. The molecule has 4 aliphatic carbocycles. The molecule has 2 aromatic carbocycles. The number of carboxylic acid groups (broad SMARTS) is 1. The van der Waals surface area contributed by atoms with Crippen LogP contribution in [0.15, 0.2) is 54.9 Å². The SMILES string of the molecule is O=C(O)c1ccccc1Nc1cnc(Nc2ccc(C34CC5CC(CC(C5)C3)C4)cc2Cl)cn1. The third-order valence-electron chi connectivity index (χ3n) is 7.95. The van der Waals surface area contributed by atoms with Gasteiger partial charge in [-0.1, -0.05) is 29.8 Å². The fourth-order valence-electron chi connectivity index (χ4n) is 6.92. The molecule has 0 radical (unpaired) electrons. The Bertz CT molecular complexity index is 1210. The van der Waals surface area contributed by atoms with Crippen LogP contribution in [0.4, 0.5) is 23.0 Å². The van der Waals surface area contributed by atoms with E-state index in [-0.39, 0.29) is 5.56 Å². The molecular formula is C27H27ClN4O2. The molecule has 0 spiro atoms. The van der Waals surface area contributed by atoms with Crippen LogP contribution in [0.3, 0.4) is 0 Å². The van der Waals surface area contributed by atoms with Crippen molar-refractivity contribution in [3.63, 3.8) is 0 Å². The second-order valence-corrected chi connectivity index (χ2v) is 10.7. The van der Waals surface area contributed by atoms with Crippen LogP contribution in [0.2, 0.25) is 5.02 Å². The standard InChI is InChI=1S/C27H27ClN4O2/c28-21-10-19(27-11-16-7-17(12-27)9-18(8-16)13-27)5-6-23(21)32-25-15-29-24(14-30-25)31-22-4-2-1-3-20(22)26(33)34/h1-6,10,14-18H,7-9,11-13H2,(H,29,31)(H,30,32)(H,33,34). The Hall–Kier alpha value is -3.12. The maximum atomic E-state index is 11.4. The first-order valence-corrected chi connectivity index (χ1v) is 12.3. The van der Waals surface area contributed by atoms with Gasteiger partial charge in [-0.25, -0.2) is 14.8 Å². The number of anilines is 4. The highest BCUT2D eigenvalue weighted by atomic mass is 35.5. The molecular weight excluding hydrogens is 448 g/mol. The summed E-state index contributed by atoms with van der Waals surface area (Å²) >= 11 is 6.73. The minimum absolute atomic E-state index is 0.178. The molecule has 4 saturated carbocycles. The highest BCUT2D eigenvalue weighted by molar-refractivity contribution is 6.33. The van der Waals surface area contributed by atoms with E-state index in [1.165, 1.54) is 44.1 Å². The molecule has 7 rings (SSSR count). The summed E-state index contributed by atoms with van der Waals surface area (Å²) < 4.78 is 0. The van der Waals surface area contributed by atoms with E-state index in [1.807, 2.05) is 0 Å². The molecule has 0 amide bonds. The van der Waals surface area contributed by atoms with Crippen LogP contribution in [-0.4, -0.2) is 21.0 Å². The van der Waals surface area contributed by atoms with E-state index in [4.69, 9.17) is 11.6 Å². The lowest BCUT2D eigenvalue weighted by atomic mass is 9.48. The van der Waals surface area contributed by atoms with Gasteiger partial charge in [-0.3, -0.25) is 0 Å². The van der Waals surface area contributed by atoms with Gasteiger partial charge in [-0.05, 0) is 91.5 Å². The van der Waals surface area contributed by atoms with Gasteiger partial charge in [0.1, 0.15) is 11.6 Å². The summed E-state index contributed by atoms with van der Waals surface area (Å²) in [6.07, 6.45) is 11.4. The topological polar surface area (TPSA) is 87.1 Å². The number of hydrogen-bond donors (Lipinski definition) is 3. The number of carbonyl (C=O) groups is 1. The lowest BCUT2D eigenvalue weighted by Crippen LogP contribution is -2.48. The number of benzene rings is 2. The molecule has 1 aromatic heterocycles. The minimum atomic E-state index is -0.999. The van der Waals surface area contributed by atoms with Gasteiger partial charge in [0, 0.05) is 0 Å². The monoisotopic (exact) mass is 474 g/mol. The number of carboxylic acids is 1. The fourth-order valence-corrected chi connectivity index (χ4v) is 7.15. The number of nitrogens with one attached hydrogen (secondary N) is 2. The molecule has 3 N–H and O–H groups in total. The normalized spacial score (nSPS) is 26.9. The maximum absolute atomic E-state index is 11.4. The predicted molar refractivity (Wildman–Crippen MR) is 133 cm³/mol. The summed E-state index contributed by atoms with van der Waals surface area (Å²) in [6, 6.07) is 13.2. The summed E-state index contributed by atoms with van der Waals surface area (Å²) in [5.74, 6) is 2.72.